The summed E-state index contributed by atoms with van der Waals surface area (Å²) in [6.07, 6.45) is 2.73. The van der Waals surface area contributed by atoms with Gasteiger partial charge in [0.15, 0.2) is 12.8 Å². The van der Waals surface area contributed by atoms with Crippen LogP contribution in [0.4, 0.5) is 5.69 Å². The fourth-order valence-corrected chi connectivity index (χ4v) is 5.84. The van der Waals surface area contributed by atoms with Crippen molar-refractivity contribution in [2.24, 2.45) is 0 Å². The molecule has 0 bridgehead atoms. The first-order chi connectivity index (χ1) is 18.3. The van der Waals surface area contributed by atoms with Crippen LogP contribution in [0.2, 0.25) is 10.0 Å². The monoisotopic (exact) mass is 618 g/mol. The molecule has 2 heterocycles. The average molecular weight is 620 g/mol. The largest absolute Gasteiger partial charge is 0.748 e. The van der Waals surface area contributed by atoms with Crippen molar-refractivity contribution in [3.8, 4) is 5.75 Å². The van der Waals surface area contributed by atoms with E-state index in [4.69, 9.17) is 32.4 Å². The molecule has 1 unspecified atom stereocenters. The van der Waals surface area contributed by atoms with E-state index in [9.17, 15) is 25.9 Å². The van der Waals surface area contributed by atoms with Crippen LogP contribution in [0.5, 0.6) is 5.75 Å². The summed E-state index contributed by atoms with van der Waals surface area (Å²) in [5, 5.41) is 0.988. The molecule has 3 aromatic rings. The van der Waals surface area contributed by atoms with Crippen LogP contribution in [0.3, 0.4) is 0 Å². The van der Waals surface area contributed by atoms with Crippen molar-refractivity contribution < 1.29 is 39.7 Å². The molecule has 14 heteroatoms. The molecule has 0 fully saturated rings. The van der Waals surface area contributed by atoms with Gasteiger partial charge in [-0.25, -0.2) is 8.42 Å². The van der Waals surface area contributed by atoms with Gasteiger partial charge in [0.25, 0.3) is 15.6 Å². The Hall–Kier alpha value is -2.35. The number of anilines is 1. The number of aromatic nitrogens is 1. The highest BCUT2D eigenvalue weighted by Crippen LogP contribution is 2.41. The molecule has 0 spiro atoms. The number of hydrogen-bond acceptors (Lipinski definition) is 8. The highest BCUT2D eigenvalue weighted by atomic mass is 35.5. The van der Waals surface area contributed by atoms with Gasteiger partial charge >= 0.3 is 5.89 Å². The number of fused-ring (bicyclic) bond motifs is 2. The van der Waals surface area contributed by atoms with Gasteiger partial charge in [0.2, 0.25) is 5.58 Å². The van der Waals surface area contributed by atoms with Gasteiger partial charge in [-0.2, -0.15) is 13.0 Å². The normalized spacial score (nSPS) is 16.1. The van der Waals surface area contributed by atoms with Gasteiger partial charge in [-0.3, -0.25) is 4.55 Å². The summed E-state index contributed by atoms with van der Waals surface area (Å²) in [5.74, 6) is 0.179. The molecule has 10 nitrogen and oxygen atoms in total. The molecule has 1 atom stereocenters. The highest BCUT2D eigenvalue weighted by Gasteiger charge is 2.32. The van der Waals surface area contributed by atoms with Crippen LogP contribution < -0.4 is 14.2 Å². The summed E-state index contributed by atoms with van der Waals surface area (Å²) in [7, 11) is -8.48. The lowest BCUT2D eigenvalue weighted by atomic mass is 10.1. The van der Waals surface area contributed by atoms with E-state index in [2.05, 4.69) is 0 Å². The molecule has 0 amide bonds. The summed E-state index contributed by atoms with van der Waals surface area (Å²) in [5.41, 5.74) is 2.88. The molecule has 0 aliphatic carbocycles. The van der Waals surface area contributed by atoms with E-state index in [1.54, 1.807) is 41.0 Å². The molecule has 39 heavy (non-hydrogen) atoms. The minimum absolute atomic E-state index is 0.100. The molecule has 2 aromatic carbocycles. The first kappa shape index (κ1) is 29.6. The Morgan fingerprint density at radius 3 is 2.51 bits per heavy atom. The highest BCUT2D eigenvalue weighted by molar-refractivity contribution is 7.85. The smallest absolute Gasteiger partial charge is 0.374 e. The van der Waals surface area contributed by atoms with Gasteiger partial charge in [0.05, 0.1) is 27.6 Å². The molecule has 1 N–H and O–H groups in total. The predicted octanol–water partition coefficient (Wildman–Crippen LogP) is 4.65. The lowest BCUT2D eigenvalue weighted by molar-refractivity contribution is -0.677. The second-order valence-electron chi connectivity index (χ2n) is 9.20. The first-order valence-electron chi connectivity index (χ1n) is 12.3. The SMILES string of the molecule is CCC(=Cc1oc2ccc(Cl)cc2[n+]1CCCS(=O)(=O)[O-])CC1Oc2ccc(Cl)cc2N1CCCS(=O)(=O)O. The number of benzene rings is 2. The van der Waals surface area contributed by atoms with Gasteiger partial charge in [0, 0.05) is 41.3 Å². The number of nitrogens with zero attached hydrogens (tertiary/aromatic N) is 2. The number of aryl methyl sites for hydroxylation is 1. The van der Waals surface area contributed by atoms with Gasteiger partial charge < -0.3 is 18.6 Å². The molecule has 4 rings (SSSR count). The van der Waals surface area contributed by atoms with Gasteiger partial charge in [-0.05, 0) is 43.2 Å². The zero-order valence-electron chi connectivity index (χ0n) is 21.0. The fourth-order valence-electron chi connectivity index (χ4n) is 4.53. The zero-order valence-corrected chi connectivity index (χ0v) is 24.2. The van der Waals surface area contributed by atoms with Gasteiger partial charge in [0.1, 0.15) is 5.75 Å². The van der Waals surface area contributed by atoms with Crippen molar-refractivity contribution >= 4 is 66.3 Å². The second-order valence-corrected chi connectivity index (χ2v) is 13.2. The Bertz CT molecular complexity index is 1600. The Labute approximate surface area is 237 Å². The van der Waals surface area contributed by atoms with Crippen LogP contribution in [0, 0.1) is 0 Å². The van der Waals surface area contributed by atoms with E-state index >= 15 is 0 Å². The molecular weight excluding hydrogens is 591 g/mol. The topological polar surface area (TPSA) is 141 Å². The fraction of sp³-hybridized carbons (Fsp3) is 0.400. The zero-order chi connectivity index (χ0) is 28.4. The standard InChI is InChI=1S/C25H28Cl2N2O8S2/c1-2-17(13-24-28(9-3-11-38(30,31)32)20-15-18(26)5-7-22(20)36-24)14-25-29(10-4-12-39(33,34)35)21-16-19(27)6-8-23(21)37-25/h5-8,13,15-16,25H,2-4,9-12,14H2,1H3,(H-,30,31,32,33,34,35). The maximum Gasteiger partial charge on any atom is 0.374 e. The molecule has 0 saturated carbocycles. The van der Waals surface area contributed by atoms with Gasteiger partial charge in [-0.1, -0.05) is 35.7 Å². The summed E-state index contributed by atoms with van der Waals surface area (Å²) in [6, 6.07) is 10.3. The van der Waals surface area contributed by atoms with Crippen LogP contribution in [0.1, 0.15) is 38.5 Å². The molecular formula is C25H28Cl2N2O8S2. The van der Waals surface area contributed by atoms with Crippen LogP contribution in [-0.2, 0) is 26.8 Å². The molecule has 1 aliphatic heterocycles. The Kier molecular flexibility index (Phi) is 9.14. The summed E-state index contributed by atoms with van der Waals surface area (Å²) < 4.78 is 79.3. The minimum atomic E-state index is -4.37. The third-order valence-electron chi connectivity index (χ3n) is 6.33. The van der Waals surface area contributed by atoms with Crippen molar-refractivity contribution in [1.82, 2.24) is 0 Å². The maximum atomic E-state index is 11.3. The summed E-state index contributed by atoms with van der Waals surface area (Å²) in [4.78, 5) is 1.92. The lowest BCUT2D eigenvalue weighted by Crippen LogP contribution is -2.37. The summed E-state index contributed by atoms with van der Waals surface area (Å²) in [6.45, 7) is 2.51. The van der Waals surface area contributed by atoms with E-state index in [0.29, 0.717) is 52.2 Å². The van der Waals surface area contributed by atoms with Gasteiger partial charge in [-0.15, -0.1) is 0 Å². The van der Waals surface area contributed by atoms with Crippen LogP contribution in [0.25, 0.3) is 17.2 Å². The van der Waals surface area contributed by atoms with E-state index in [-0.39, 0.29) is 25.1 Å². The molecule has 1 aromatic heterocycles. The van der Waals surface area contributed by atoms with Crippen molar-refractivity contribution in [2.45, 2.75) is 45.4 Å². The van der Waals surface area contributed by atoms with Crippen molar-refractivity contribution in [3.05, 3.63) is 57.9 Å². The molecule has 0 radical (unpaired) electrons. The third-order valence-corrected chi connectivity index (χ3v) is 8.39. The number of ether oxygens (including phenoxy) is 1. The molecule has 212 valence electrons. The number of hydrogen-bond donors (Lipinski definition) is 1. The van der Waals surface area contributed by atoms with Crippen LogP contribution in [0.15, 0.2) is 46.4 Å². The maximum absolute atomic E-state index is 11.3. The van der Waals surface area contributed by atoms with Crippen LogP contribution in [-0.4, -0.2) is 50.2 Å². The van der Waals surface area contributed by atoms with Crippen molar-refractivity contribution in [3.63, 3.8) is 0 Å². The predicted molar refractivity (Wildman–Crippen MR) is 148 cm³/mol. The second kappa shape index (κ2) is 12.0. The van der Waals surface area contributed by atoms with E-state index in [1.807, 2.05) is 17.9 Å². The van der Waals surface area contributed by atoms with Crippen molar-refractivity contribution in [1.29, 1.82) is 0 Å². The number of halogens is 2. The Balaban J connectivity index is 1.63. The Morgan fingerprint density at radius 2 is 1.82 bits per heavy atom. The number of rotatable bonds is 12. The van der Waals surface area contributed by atoms with Crippen molar-refractivity contribution in [2.75, 3.05) is 23.0 Å². The van der Waals surface area contributed by atoms with Crippen LogP contribution >= 0.6 is 23.2 Å². The van der Waals surface area contributed by atoms with E-state index < -0.39 is 32.2 Å². The van der Waals surface area contributed by atoms with E-state index in [0.717, 1.165) is 11.3 Å². The Morgan fingerprint density at radius 1 is 1.10 bits per heavy atom. The average Bonchev–Trinajstić information content (AvgIpc) is 3.34. The number of oxazole rings is 1. The quantitative estimate of drug-likeness (QED) is 0.227. The minimum Gasteiger partial charge on any atom is -0.748 e. The first-order valence-corrected chi connectivity index (χ1v) is 16.2. The summed E-state index contributed by atoms with van der Waals surface area (Å²) >= 11 is 12.4. The van der Waals surface area contributed by atoms with E-state index in [1.165, 1.54) is 0 Å². The molecule has 1 aliphatic rings. The third kappa shape index (κ3) is 7.86. The molecule has 0 saturated heterocycles. The lowest BCUT2D eigenvalue weighted by Gasteiger charge is -2.26.